The van der Waals surface area contributed by atoms with Crippen molar-refractivity contribution < 1.29 is 0 Å². The van der Waals surface area contributed by atoms with Gasteiger partial charge in [-0.15, -0.1) is 0 Å². The molecule has 1 fully saturated rings. The van der Waals surface area contributed by atoms with Crippen LogP contribution in [-0.2, 0) is 0 Å². The van der Waals surface area contributed by atoms with Gasteiger partial charge in [-0.1, -0.05) is 23.4 Å². The molecule has 1 aliphatic rings. The predicted molar refractivity (Wildman–Crippen MR) is 88.2 cm³/mol. The van der Waals surface area contributed by atoms with Crippen LogP contribution in [-0.4, -0.2) is 70.3 Å². The fourth-order valence-corrected chi connectivity index (χ4v) is 3.41. The van der Waals surface area contributed by atoms with E-state index < -0.39 is 0 Å². The molecule has 2 aromatic rings. The number of pyridine rings is 1. The Morgan fingerprint density at radius 2 is 2.14 bits per heavy atom. The predicted octanol–water partition coefficient (Wildman–Crippen LogP) is 2.34. The Hall–Kier alpha value is -0.820. The van der Waals surface area contributed by atoms with Crippen LogP contribution in [0.15, 0.2) is 17.4 Å². The first-order valence-corrected chi connectivity index (χ1v) is 8.62. The van der Waals surface area contributed by atoms with Gasteiger partial charge in [0.05, 0.1) is 10.5 Å². The minimum Gasteiger partial charge on any atom is -0.331 e. The summed E-state index contributed by atoms with van der Waals surface area (Å²) in [6, 6.07) is 1.87. The minimum atomic E-state index is 0.637. The molecule has 1 saturated heterocycles. The number of hydrogen-bond acceptors (Lipinski definition) is 5. The molecule has 0 aliphatic carbocycles. The number of likely N-dealkylation sites (N-methyl/N-ethyl adjacent to an activating group) is 1. The third-order valence-electron chi connectivity index (χ3n) is 3.74. The third-order valence-corrected chi connectivity index (χ3v) is 4.90. The monoisotopic (exact) mass is 325 g/mol. The number of rotatable bonds is 5. The summed E-state index contributed by atoms with van der Waals surface area (Å²) < 4.78 is 0. The highest BCUT2D eigenvalue weighted by Crippen LogP contribution is 2.21. The lowest BCUT2D eigenvalue weighted by Crippen LogP contribution is -2.44. The fraction of sp³-hybridized carbons (Fsp3) is 0.571. The van der Waals surface area contributed by atoms with Gasteiger partial charge >= 0.3 is 0 Å². The summed E-state index contributed by atoms with van der Waals surface area (Å²) >= 11 is 7.68. The third kappa shape index (κ3) is 4.10. The van der Waals surface area contributed by atoms with Gasteiger partial charge in [-0.25, -0.2) is 9.97 Å². The van der Waals surface area contributed by atoms with Crippen molar-refractivity contribution in [2.45, 2.75) is 11.6 Å². The quantitative estimate of drug-likeness (QED) is 0.675. The fourth-order valence-electron chi connectivity index (χ4n) is 2.45. The molecule has 0 unspecified atom stereocenters. The SMILES string of the molecule is CN1CCN(CCCSc2nc3ncc(Cl)cc3[nH]2)CC1. The van der Waals surface area contributed by atoms with E-state index in [9.17, 15) is 0 Å². The summed E-state index contributed by atoms with van der Waals surface area (Å²) in [6.07, 6.45) is 2.81. The zero-order valence-electron chi connectivity index (χ0n) is 12.2. The summed E-state index contributed by atoms with van der Waals surface area (Å²) in [6.45, 7) is 5.92. The van der Waals surface area contributed by atoms with Crippen LogP contribution in [0.1, 0.15) is 6.42 Å². The van der Waals surface area contributed by atoms with Crippen molar-refractivity contribution in [1.29, 1.82) is 0 Å². The van der Waals surface area contributed by atoms with Crippen molar-refractivity contribution in [3.8, 4) is 0 Å². The number of H-pyrrole nitrogens is 1. The van der Waals surface area contributed by atoms with Gasteiger partial charge in [0, 0.05) is 38.1 Å². The molecule has 114 valence electrons. The first kappa shape index (κ1) is 15.1. The molecule has 0 amide bonds. The van der Waals surface area contributed by atoms with Gasteiger partial charge in [0.15, 0.2) is 10.8 Å². The zero-order valence-corrected chi connectivity index (χ0v) is 13.8. The highest BCUT2D eigenvalue weighted by molar-refractivity contribution is 7.99. The van der Waals surface area contributed by atoms with E-state index in [4.69, 9.17) is 11.6 Å². The average Bonchev–Trinajstić information content (AvgIpc) is 2.87. The Kier molecular flexibility index (Phi) is 5.00. The first-order valence-electron chi connectivity index (χ1n) is 7.26. The lowest BCUT2D eigenvalue weighted by molar-refractivity contribution is 0.154. The van der Waals surface area contributed by atoms with Crippen LogP contribution in [0.2, 0.25) is 5.02 Å². The number of aromatic nitrogens is 3. The lowest BCUT2D eigenvalue weighted by Gasteiger charge is -2.32. The Bertz CT molecular complexity index is 594. The standard InChI is InChI=1S/C14H20ClN5S/c1-19-4-6-20(7-5-19)3-2-8-21-14-17-12-9-11(15)10-16-13(12)18-14/h9-10H,2-8H2,1H3,(H,16,17,18). The van der Waals surface area contributed by atoms with Crippen molar-refractivity contribution in [3.63, 3.8) is 0 Å². The van der Waals surface area contributed by atoms with E-state index in [2.05, 4.69) is 31.8 Å². The van der Waals surface area contributed by atoms with Gasteiger partial charge in [0.1, 0.15) is 0 Å². The molecule has 0 aromatic carbocycles. The van der Waals surface area contributed by atoms with Gasteiger partial charge in [0.2, 0.25) is 0 Å². The summed E-state index contributed by atoms with van der Waals surface area (Å²) in [5, 5.41) is 1.57. The van der Waals surface area contributed by atoms with Crippen LogP contribution in [0.4, 0.5) is 0 Å². The molecular formula is C14H20ClN5S. The summed E-state index contributed by atoms with van der Waals surface area (Å²) in [5.41, 5.74) is 1.64. The molecule has 1 aliphatic heterocycles. The number of piperazine rings is 1. The van der Waals surface area contributed by atoms with Gasteiger partial charge in [-0.2, -0.15) is 0 Å². The molecule has 5 nitrogen and oxygen atoms in total. The number of nitrogens with one attached hydrogen (secondary N) is 1. The van der Waals surface area contributed by atoms with Gasteiger partial charge in [-0.3, -0.25) is 0 Å². The van der Waals surface area contributed by atoms with E-state index in [1.807, 2.05) is 6.07 Å². The summed E-state index contributed by atoms with van der Waals surface area (Å²) in [5.74, 6) is 1.07. The second kappa shape index (κ2) is 6.96. The van der Waals surface area contributed by atoms with Gasteiger partial charge < -0.3 is 14.8 Å². The summed E-state index contributed by atoms with van der Waals surface area (Å²) in [4.78, 5) is 16.9. The van der Waals surface area contributed by atoms with Crippen molar-refractivity contribution in [3.05, 3.63) is 17.3 Å². The Balaban J connectivity index is 1.44. The van der Waals surface area contributed by atoms with Crippen molar-refractivity contribution in [2.24, 2.45) is 0 Å². The van der Waals surface area contributed by atoms with Crippen molar-refractivity contribution in [2.75, 3.05) is 45.5 Å². The van der Waals surface area contributed by atoms with E-state index in [0.717, 1.165) is 22.1 Å². The van der Waals surface area contributed by atoms with Crippen LogP contribution < -0.4 is 0 Å². The smallest absolute Gasteiger partial charge is 0.178 e. The lowest BCUT2D eigenvalue weighted by atomic mass is 10.3. The number of imidazole rings is 1. The maximum absolute atomic E-state index is 5.92. The molecule has 1 N–H and O–H groups in total. The van der Waals surface area contributed by atoms with Gasteiger partial charge in [0.25, 0.3) is 0 Å². The largest absolute Gasteiger partial charge is 0.331 e. The molecule has 2 aromatic heterocycles. The van der Waals surface area contributed by atoms with E-state index in [0.29, 0.717) is 5.02 Å². The molecule has 3 rings (SSSR count). The number of thioether (sulfide) groups is 1. The number of halogens is 1. The molecule has 0 radical (unpaired) electrons. The van der Waals surface area contributed by atoms with E-state index in [1.165, 1.54) is 39.1 Å². The number of aromatic amines is 1. The van der Waals surface area contributed by atoms with Crippen LogP contribution in [0, 0.1) is 0 Å². The van der Waals surface area contributed by atoms with E-state index in [-0.39, 0.29) is 0 Å². The maximum Gasteiger partial charge on any atom is 0.178 e. The van der Waals surface area contributed by atoms with E-state index in [1.54, 1.807) is 18.0 Å². The van der Waals surface area contributed by atoms with Crippen molar-refractivity contribution in [1.82, 2.24) is 24.8 Å². The molecular weight excluding hydrogens is 306 g/mol. The highest BCUT2D eigenvalue weighted by atomic mass is 35.5. The van der Waals surface area contributed by atoms with Crippen LogP contribution in [0.3, 0.4) is 0 Å². The number of fused-ring (bicyclic) bond motifs is 1. The number of hydrogen-bond donors (Lipinski definition) is 1. The van der Waals surface area contributed by atoms with Crippen LogP contribution >= 0.6 is 23.4 Å². The second-order valence-corrected chi connectivity index (χ2v) is 6.93. The minimum absolute atomic E-state index is 0.637. The Morgan fingerprint density at radius 3 is 2.95 bits per heavy atom. The first-order chi connectivity index (χ1) is 10.2. The zero-order chi connectivity index (χ0) is 14.7. The van der Waals surface area contributed by atoms with E-state index >= 15 is 0 Å². The second-order valence-electron chi connectivity index (χ2n) is 5.41. The molecule has 3 heterocycles. The molecule has 21 heavy (non-hydrogen) atoms. The number of nitrogens with zero attached hydrogens (tertiary/aromatic N) is 4. The maximum atomic E-state index is 5.92. The topological polar surface area (TPSA) is 48.1 Å². The average molecular weight is 326 g/mol. The molecule has 0 bridgehead atoms. The molecule has 7 heteroatoms. The Morgan fingerprint density at radius 1 is 1.33 bits per heavy atom. The normalized spacial score (nSPS) is 17.6. The van der Waals surface area contributed by atoms with Crippen molar-refractivity contribution >= 4 is 34.5 Å². The molecule has 0 atom stereocenters. The van der Waals surface area contributed by atoms with Gasteiger partial charge in [-0.05, 0) is 26.1 Å². The summed E-state index contributed by atoms with van der Waals surface area (Å²) in [7, 11) is 2.19. The molecule has 0 saturated carbocycles. The Labute approximate surface area is 134 Å². The molecule has 0 spiro atoms. The highest BCUT2D eigenvalue weighted by Gasteiger charge is 2.13. The van der Waals surface area contributed by atoms with Crippen LogP contribution in [0.5, 0.6) is 0 Å². The van der Waals surface area contributed by atoms with Crippen LogP contribution in [0.25, 0.3) is 11.2 Å².